The van der Waals surface area contributed by atoms with Gasteiger partial charge in [0.1, 0.15) is 17.3 Å². The standard InChI is InChI=1S/C19H28N6O/c1-13(2)17-23-22-16-4-5-19(8-11-25(16)17)6-9-24(10-7-19)18(26)15-12-14(3)20-21-15/h12-13H,4-11H2,1-3H3,(H,20,21). The molecule has 1 N–H and O–H groups in total. The van der Waals surface area contributed by atoms with Gasteiger partial charge in [-0.05, 0) is 44.1 Å². The third-order valence-electron chi connectivity index (χ3n) is 6.15. The van der Waals surface area contributed by atoms with Crippen LogP contribution in [0.1, 0.15) is 73.3 Å². The number of nitrogens with zero attached hydrogens (tertiary/aromatic N) is 5. The lowest BCUT2D eigenvalue weighted by Crippen LogP contribution is -2.43. The first-order valence-corrected chi connectivity index (χ1v) is 9.71. The van der Waals surface area contributed by atoms with E-state index in [1.807, 2.05) is 17.9 Å². The molecule has 4 heterocycles. The van der Waals surface area contributed by atoms with Gasteiger partial charge in [-0.2, -0.15) is 5.10 Å². The van der Waals surface area contributed by atoms with Crippen LogP contribution in [-0.2, 0) is 13.0 Å². The fraction of sp³-hybridized carbons (Fsp3) is 0.684. The monoisotopic (exact) mass is 356 g/mol. The van der Waals surface area contributed by atoms with Crippen LogP contribution in [0.4, 0.5) is 0 Å². The lowest BCUT2D eigenvalue weighted by Gasteiger charge is -2.41. The molecule has 2 aromatic rings. The molecule has 1 fully saturated rings. The summed E-state index contributed by atoms with van der Waals surface area (Å²) >= 11 is 0. The van der Waals surface area contributed by atoms with Crippen molar-refractivity contribution in [3.05, 3.63) is 29.1 Å². The number of likely N-dealkylation sites (tertiary alicyclic amines) is 1. The minimum Gasteiger partial charge on any atom is -0.337 e. The lowest BCUT2D eigenvalue weighted by atomic mass is 9.72. The summed E-state index contributed by atoms with van der Waals surface area (Å²) < 4.78 is 2.34. The number of amides is 1. The number of hydrogen-bond acceptors (Lipinski definition) is 4. The molecule has 0 radical (unpaired) electrons. The van der Waals surface area contributed by atoms with Gasteiger partial charge < -0.3 is 9.47 Å². The zero-order chi connectivity index (χ0) is 18.3. The fourth-order valence-corrected chi connectivity index (χ4v) is 4.43. The maximum absolute atomic E-state index is 12.6. The van der Waals surface area contributed by atoms with E-state index in [-0.39, 0.29) is 5.91 Å². The van der Waals surface area contributed by atoms with Gasteiger partial charge in [-0.3, -0.25) is 9.89 Å². The number of hydrogen-bond donors (Lipinski definition) is 1. The molecule has 140 valence electrons. The minimum atomic E-state index is 0.0528. The smallest absolute Gasteiger partial charge is 0.274 e. The van der Waals surface area contributed by atoms with Gasteiger partial charge in [0, 0.05) is 37.7 Å². The predicted molar refractivity (Wildman–Crippen MR) is 97.9 cm³/mol. The van der Waals surface area contributed by atoms with Crippen molar-refractivity contribution in [3.63, 3.8) is 0 Å². The van der Waals surface area contributed by atoms with Gasteiger partial charge in [0.2, 0.25) is 0 Å². The van der Waals surface area contributed by atoms with Crippen molar-refractivity contribution >= 4 is 5.91 Å². The first-order chi connectivity index (χ1) is 12.5. The van der Waals surface area contributed by atoms with Crippen LogP contribution in [0.25, 0.3) is 0 Å². The highest BCUT2D eigenvalue weighted by molar-refractivity contribution is 5.92. The van der Waals surface area contributed by atoms with Gasteiger partial charge in [0.25, 0.3) is 5.91 Å². The molecule has 1 saturated heterocycles. The molecule has 1 spiro atoms. The predicted octanol–water partition coefficient (Wildman–Crippen LogP) is 2.69. The molecule has 2 aliphatic heterocycles. The summed E-state index contributed by atoms with van der Waals surface area (Å²) in [5, 5.41) is 15.8. The topological polar surface area (TPSA) is 79.7 Å². The van der Waals surface area contributed by atoms with Gasteiger partial charge >= 0.3 is 0 Å². The number of rotatable bonds is 2. The summed E-state index contributed by atoms with van der Waals surface area (Å²) in [6.07, 6.45) is 5.43. The van der Waals surface area contributed by atoms with Crippen LogP contribution in [0.5, 0.6) is 0 Å². The molecular weight excluding hydrogens is 328 g/mol. The number of aromatic nitrogens is 5. The molecule has 0 aliphatic carbocycles. The van der Waals surface area contributed by atoms with Crippen LogP contribution in [0.3, 0.4) is 0 Å². The molecule has 2 aliphatic rings. The minimum absolute atomic E-state index is 0.0528. The Balaban J connectivity index is 1.42. The van der Waals surface area contributed by atoms with Crippen LogP contribution in [0.2, 0.25) is 0 Å². The number of H-pyrrole nitrogens is 1. The summed E-state index contributed by atoms with van der Waals surface area (Å²) in [5.74, 6) is 2.70. The lowest BCUT2D eigenvalue weighted by molar-refractivity contribution is 0.0530. The maximum Gasteiger partial charge on any atom is 0.274 e. The number of aromatic amines is 1. The van der Waals surface area contributed by atoms with Crippen molar-refractivity contribution in [3.8, 4) is 0 Å². The second-order valence-electron chi connectivity index (χ2n) is 8.26. The number of nitrogens with one attached hydrogen (secondary N) is 1. The van der Waals surface area contributed by atoms with E-state index < -0.39 is 0 Å². The fourth-order valence-electron chi connectivity index (χ4n) is 4.43. The van der Waals surface area contributed by atoms with E-state index in [0.29, 0.717) is 17.0 Å². The molecule has 26 heavy (non-hydrogen) atoms. The SMILES string of the molecule is Cc1cc(C(=O)N2CCC3(CCc4nnc(C(C)C)n4CC3)CC2)n[nH]1. The number of fused-ring (bicyclic) bond motifs is 1. The molecule has 7 nitrogen and oxygen atoms in total. The van der Waals surface area contributed by atoms with Gasteiger partial charge in [-0.1, -0.05) is 13.8 Å². The van der Waals surface area contributed by atoms with Gasteiger partial charge in [-0.15, -0.1) is 10.2 Å². The first kappa shape index (κ1) is 17.2. The summed E-state index contributed by atoms with van der Waals surface area (Å²) in [5.41, 5.74) is 1.79. The molecule has 0 saturated carbocycles. The molecule has 7 heteroatoms. The maximum atomic E-state index is 12.6. The van der Waals surface area contributed by atoms with Crippen molar-refractivity contribution < 1.29 is 4.79 Å². The molecule has 4 rings (SSSR count). The molecule has 1 amide bonds. The Labute approximate surface area is 154 Å². The summed E-state index contributed by atoms with van der Waals surface area (Å²) in [6.45, 7) is 8.93. The van der Waals surface area contributed by atoms with Gasteiger partial charge in [0.15, 0.2) is 0 Å². The van der Waals surface area contributed by atoms with Crippen LogP contribution in [-0.4, -0.2) is 48.9 Å². The Morgan fingerprint density at radius 1 is 1.15 bits per heavy atom. The molecule has 0 bridgehead atoms. The van der Waals surface area contributed by atoms with Crippen molar-refractivity contribution in [2.24, 2.45) is 5.41 Å². The second kappa shape index (κ2) is 6.52. The van der Waals surface area contributed by atoms with E-state index in [1.165, 1.54) is 0 Å². The normalized spacial score (nSPS) is 19.6. The van der Waals surface area contributed by atoms with E-state index >= 15 is 0 Å². The first-order valence-electron chi connectivity index (χ1n) is 9.71. The second-order valence-corrected chi connectivity index (χ2v) is 8.26. The third-order valence-corrected chi connectivity index (χ3v) is 6.15. The molecule has 0 atom stereocenters. The van der Waals surface area contributed by atoms with E-state index in [1.54, 1.807) is 0 Å². The Morgan fingerprint density at radius 3 is 2.54 bits per heavy atom. The van der Waals surface area contributed by atoms with Crippen LogP contribution in [0.15, 0.2) is 6.07 Å². The Morgan fingerprint density at radius 2 is 1.88 bits per heavy atom. The van der Waals surface area contributed by atoms with Crippen molar-refractivity contribution in [1.82, 2.24) is 29.9 Å². The van der Waals surface area contributed by atoms with Crippen LogP contribution in [0, 0.1) is 12.3 Å². The zero-order valence-electron chi connectivity index (χ0n) is 16.0. The van der Waals surface area contributed by atoms with Crippen LogP contribution < -0.4 is 0 Å². The molecule has 0 unspecified atom stereocenters. The number of carbonyl (C=O) groups is 1. The Kier molecular flexibility index (Phi) is 4.32. The Hall–Kier alpha value is -2.18. The number of piperidine rings is 1. The molecule has 0 aromatic carbocycles. The molecule has 2 aromatic heterocycles. The summed E-state index contributed by atoms with van der Waals surface area (Å²) in [6, 6.07) is 1.83. The van der Waals surface area contributed by atoms with Crippen molar-refractivity contribution in [2.45, 2.75) is 65.3 Å². The quantitative estimate of drug-likeness (QED) is 0.897. The highest BCUT2D eigenvalue weighted by Crippen LogP contribution is 2.42. The highest BCUT2D eigenvalue weighted by atomic mass is 16.2. The molecular formula is C19H28N6O. The van der Waals surface area contributed by atoms with E-state index in [0.717, 1.165) is 69.1 Å². The van der Waals surface area contributed by atoms with Crippen molar-refractivity contribution in [2.75, 3.05) is 13.1 Å². The third kappa shape index (κ3) is 3.04. The van der Waals surface area contributed by atoms with Crippen molar-refractivity contribution in [1.29, 1.82) is 0 Å². The van der Waals surface area contributed by atoms with E-state index in [9.17, 15) is 4.79 Å². The largest absolute Gasteiger partial charge is 0.337 e. The average Bonchev–Trinajstić information content (AvgIpc) is 3.21. The van der Waals surface area contributed by atoms with Gasteiger partial charge in [0.05, 0.1) is 0 Å². The Bertz CT molecular complexity index is 797. The summed E-state index contributed by atoms with van der Waals surface area (Å²) in [4.78, 5) is 14.6. The average molecular weight is 356 g/mol. The summed E-state index contributed by atoms with van der Waals surface area (Å²) in [7, 11) is 0. The van der Waals surface area contributed by atoms with Crippen LogP contribution >= 0.6 is 0 Å². The van der Waals surface area contributed by atoms with E-state index in [2.05, 4.69) is 38.8 Å². The number of carbonyl (C=O) groups excluding carboxylic acids is 1. The number of aryl methyl sites for hydroxylation is 2. The highest BCUT2D eigenvalue weighted by Gasteiger charge is 2.38. The zero-order valence-corrected chi connectivity index (χ0v) is 16.0. The van der Waals surface area contributed by atoms with E-state index in [4.69, 9.17) is 0 Å². The van der Waals surface area contributed by atoms with Gasteiger partial charge in [-0.25, -0.2) is 0 Å².